The maximum atomic E-state index is 11.6. The van der Waals surface area contributed by atoms with E-state index in [0.717, 1.165) is 11.3 Å². The summed E-state index contributed by atoms with van der Waals surface area (Å²) in [6.45, 7) is 2.67. The van der Waals surface area contributed by atoms with Gasteiger partial charge >= 0.3 is 6.09 Å². The lowest BCUT2D eigenvalue weighted by Crippen LogP contribution is -2.35. The molecule has 0 saturated heterocycles. The number of nitrogens with zero attached hydrogens (tertiary/aromatic N) is 1. The van der Waals surface area contributed by atoms with Crippen molar-refractivity contribution in [2.75, 3.05) is 31.7 Å². The van der Waals surface area contributed by atoms with Gasteiger partial charge in [0, 0.05) is 13.6 Å². The molecule has 0 fully saturated rings. The number of nitrogens with one attached hydrogen (secondary N) is 1. The zero-order chi connectivity index (χ0) is 14.5. The Hall–Kier alpha value is -2.24. The van der Waals surface area contributed by atoms with Crippen molar-refractivity contribution in [3.63, 3.8) is 0 Å². The molecule has 108 valence electrons. The third-order valence-corrected chi connectivity index (χ3v) is 3.07. The van der Waals surface area contributed by atoms with Crippen molar-refractivity contribution >= 4 is 17.7 Å². The van der Waals surface area contributed by atoms with Crippen LogP contribution in [0, 0.1) is 0 Å². The number of carbonyl (C=O) groups excluding carboxylic acids is 2. The number of likely N-dealkylation sites (N-methyl/N-ethyl adjacent to an activating group) is 1. The van der Waals surface area contributed by atoms with E-state index in [2.05, 4.69) is 5.32 Å². The zero-order valence-corrected chi connectivity index (χ0v) is 11.6. The Morgan fingerprint density at radius 1 is 1.50 bits per heavy atom. The van der Waals surface area contributed by atoms with Gasteiger partial charge in [0.25, 0.3) is 5.91 Å². The summed E-state index contributed by atoms with van der Waals surface area (Å²) in [7, 11) is 1.73. The van der Waals surface area contributed by atoms with Crippen molar-refractivity contribution in [1.29, 1.82) is 0 Å². The van der Waals surface area contributed by atoms with E-state index in [1.54, 1.807) is 18.9 Å². The second kappa shape index (κ2) is 6.27. The number of carbonyl (C=O) groups is 2. The molecular formula is C14H18N2O4. The van der Waals surface area contributed by atoms with Gasteiger partial charge in [-0.2, -0.15) is 0 Å². The van der Waals surface area contributed by atoms with Gasteiger partial charge in [0.1, 0.15) is 5.75 Å². The number of amides is 2. The molecular weight excluding hydrogens is 260 g/mol. The average molecular weight is 278 g/mol. The SMILES string of the molecule is CCOC(=O)NCCc1ccc2c(c1)N(C)C(=O)CO2. The monoisotopic (exact) mass is 278 g/mol. The van der Waals surface area contributed by atoms with E-state index in [-0.39, 0.29) is 12.5 Å². The van der Waals surface area contributed by atoms with Gasteiger partial charge in [-0.1, -0.05) is 6.07 Å². The van der Waals surface area contributed by atoms with Crippen LogP contribution in [-0.4, -0.2) is 38.8 Å². The van der Waals surface area contributed by atoms with Crippen LogP contribution in [-0.2, 0) is 16.0 Å². The summed E-state index contributed by atoms with van der Waals surface area (Å²) in [5, 5.41) is 2.66. The van der Waals surface area contributed by atoms with Crippen molar-refractivity contribution < 1.29 is 19.1 Å². The minimum absolute atomic E-state index is 0.0701. The van der Waals surface area contributed by atoms with Crippen molar-refractivity contribution in [3.8, 4) is 5.75 Å². The topological polar surface area (TPSA) is 67.9 Å². The van der Waals surface area contributed by atoms with Crippen LogP contribution in [0.15, 0.2) is 18.2 Å². The molecule has 1 aliphatic rings. The summed E-state index contributed by atoms with van der Waals surface area (Å²) in [6, 6.07) is 5.67. The molecule has 0 unspecified atom stereocenters. The van der Waals surface area contributed by atoms with Crippen LogP contribution in [0.4, 0.5) is 10.5 Å². The second-order valence-electron chi connectivity index (χ2n) is 4.44. The van der Waals surface area contributed by atoms with Crippen molar-refractivity contribution in [2.24, 2.45) is 0 Å². The second-order valence-corrected chi connectivity index (χ2v) is 4.44. The van der Waals surface area contributed by atoms with E-state index in [1.807, 2.05) is 18.2 Å². The molecule has 1 aromatic rings. The summed E-state index contributed by atoms with van der Waals surface area (Å²) in [5.41, 5.74) is 1.78. The van der Waals surface area contributed by atoms with Crippen LogP contribution < -0.4 is 15.0 Å². The first-order valence-electron chi connectivity index (χ1n) is 6.54. The molecule has 6 nitrogen and oxygen atoms in total. The number of rotatable bonds is 4. The van der Waals surface area contributed by atoms with Crippen LogP contribution in [0.3, 0.4) is 0 Å². The molecule has 0 radical (unpaired) electrons. The molecule has 0 aliphatic carbocycles. The highest BCUT2D eigenvalue weighted by Gasteiger charge is 2.22. The van der Waals surface area contributed by atoms with Crippen molar-refractivity contribution in [1.82, 2.24) is 5.32 Å². The Bertz CT molecular complexity index is 516. The first-order chi connectivity index (χ1) is 9.61. The highest BCUT2D eigenvalue weighted by molar-refractivity contribution is 5.97. The quantitative estimate of drug-likeness (QED) is 0.902. The summed E-state index contributed by atoms with van der Waals surface area (Å²) in [6.07, 6.45) is 0.245. The summed E-state index contributed by atoms with van der Waals surface area (Å²) in [5.74, 6) is 0.633. The number of hydrogen-bond donors (Lipinski definition) is 1. The molecule has 0 spiro atoms. The van der Waals surface area contributed by atoms with Crippen LogP contribution in [0.5, 0.6) is 5.75 Å². The van der Waals surface area contributed by atoms with Gasteiger partial charge in [-0.15, -0.1) is 0 Å². The number of ether oxygens (including phenoxy) is 2. The molecule has 20 heavy (non-hydrogen) atoms. The Kier molecular flexibility index (Phi) is 4.45. The Labute approximate surface area is 117 Å². The number of alkyl carbamates (subject to hydrolysis) is 1. The van der Waals surface area contributed by atoms with Gasteiger partial charge in [0.15, 0.2) is 6.61 Å². The third kappa shape index (κ3) is 3.20. The molecule has 0 bridgehead atoms. The smallest absolute Gasteiger partial charge is 0.407 e. The number of benzene rings is 1. The number of anilines is 1. The molecule has 1 aliphatic heterocycles. The summed E-state index contributed by atoms with van der Waals surface area (Å²) >= 11 is 0. The van der Waals surface area contributed by atoms with E-state index in [9.17, 15) is 9.59 Å². The van der Waals surface area contributed by atoms with E-state index in [1.165, 1.54) is 0 Å². The van der Waals surface area contributed by atoms with E-state index in [4.69, 9.17) is 9.47 Å². The molecule has 0 saturated carbocycles. The van der Waals surface area contributed by atoms with Gasteiger partial charge < -0.3 is 19.7 Å². The lowest BCUT2D eigenvalue weighted by Gasteiger charge is -2.26. The van der Waals surface area contributed by atoms with Gasteiger partial charge in [-0.3, -0.25) is 4.79 Å². The van der Waals surface area contributed by atoms with E-state index < -0.39 is 6.09 Å². The molecule has 6 heteroatoms. The minimum atomic E-state index is -0.416. The molecule has 0 atom stereocenters. The van der Waals surface area contributed by atoms with Gasteiger partial charge in [-0.05, 0) is 31.0 Å². The minimum Gasteiger partial charge on any atom is -0.482 e. The first kappa shape index (κ1) is 14.2. The summed E-state index contributed by atoms with van der Waals surface area (Å²) < 4.78 is 10.1. The lowest BCUT2D eigenvalue weighted by molar-refractivity contribution is -0.120. The summed E-state index contributed by atoms with van der Waals surface area (Å²) in [4.78, 5) is 24.3. The fraction of sp³-hybridized carbons (Fsp3) is 0.429. The van der Waals surface area contributed by atoms with Gasteiger partial charge in [0.2, 0.25) is 0 Å². The molecule has 2 rings (SSSR count). The standard InChI is InChI=1S/C14H18N2O4/c1-3-19-14(18)15-7-6-10-4-5-12-11(8-10)16(2)13(17)9-20-12/h4-5,8H,3,6-7,9H2,1-2H3,(H,15,18). The highest BCUT2D eigenvalue weighted by atomic mass is 16.5. The molecule has 1 aromatic carbocycles. The Morgan fingerprint density at radius 2 is 2.30 bits per heavy atom. The molecule has 0 aromatic heterocycles. The number of hydrogen-bond acceptors (Lipinski definition) is 4. The molecule has 1 heterocycles. The lowest BCUT2D eigenvalue weighted by atomic mass is 10.1. The fourth-order valence-corrected chi connectivity index (χ4v) is 1.96. The first-order valence-corrected chi connectivity index (χ1v) is 6.54. The van der Waals surface area contributed by atoms with E-state index >= 15 is 0 Å². The van der Waals surface area contributed by atoms with Crippen LogP contribution in [0.2, 0.25) is 0 Å². The van der Waals surface area contributed by atoms with Crippen molar-refractivity contribution in [3.05, 3.63) is 23.8 Å². The normalized spacial score (nSPS) is 13.5. The maximum absolute atomic E-state index is 11.6. The van der Waals surface area contributed by atoms with Crippen LogP contribution in [0.25, 0.3) is 0 Å². The molecule has 1 N–H and O–H groups in total. The largest absolute Gasteiger partial charge is 0.482 e. The van der Waals surface area contributed by atoms with Crippen LogP contribution >= 0.6 is 0 Å². The predicted molar refractivity (Wildman–Crippen MR) is 74.1 cm³/mol. The fourth-order valence-electron chi connectivity index (χ4n) is 1.96. The van der Waals surface area contributed by atoms with Crippen molar-refractivity contribution in [2.45, 2.75) is 13.3 Å². The average Bonchev–Trinajstić information content (AvgIpc) is 2.44. The van der Waals surface area contributed by atoms with Crippen LogP contribution in [0.1, 0.15) is 12.5 Å². The molecule has 2 amide bonds. The Morgan fingerprint density at radius 3 is 3.05 bits per heavy atom. The zero-order valence-electron chi connectivity index (χ0n) is 11.6. The predicted octanol–water partition coefficient (Wildman–Crippen LogP) is 1.33. The Balaban J connectivity index is 1.97. The number of fused-ring (bicyclic) bond motifs is 1. The van der Waals surface area contributed by atoms with Gasteiger partial charge in [0.05, 0.1) is 12.3 Å². The maximum Gasteiger partial charge on any atom is 0.407 e. The van der Waals surface area contributed by atoms with Gasteiger partial charge in [-0.25, -0.2) is 4.79 Å². The highest BCUT2D eigenvalue weighted by Crippen LogP contribution is 2.31. The van der Waals surface area contributed by atoms with E-state index in [0.29, 0.717) is 25.3 Å². The third-order valence-electron chi connectivity index (χ3n) is 3.07.